The van der Waals surface area contributed by atoms with Crippen LogP contribution in [-0.2, 0) is 19.6 Å². The molecular formula is C17H17BrN2O5S. The number of amides is 1. The van der Waals surface area contributed by atoms with Crippen molar-refractivity contribution in [2.24, 2.45) is 0 Å². The molecule has 1 amide bonds. The van der Waals surface area contributed by atoms with Crippen molar-refractivity contribution in [3.05, 3.63) is 52.5 Å². The molecule has 0 radical (unpaired) electrons. The first-order valence-electron chi connectivity index (χ1n) is 7.57. The van der Waals surface area contributed by atoms with Gasteiger partial charge in [-0.25, -0.2) is 13.2 Å². The highest BCUT2D eigenvalue weighted by Crippen LogP contribution is 2.24. The van der Waals surface area contributed by atoms with E-state index >= 15 is 0 Å². The van der Waals surface area contributed by atoms with Crippen LogP contribution >= 0.6 is 15.9 Å². The number of sulfonamides is 1. The fourth-order valence-corrected chi connectivity index (χ4v) is 3.55. The number of hydrogen-bond acceptors (Lipinski definition) is 5. The fraction of sp³-hybridized carbons (Fsp3) is 0.176. The van der Waals surface area contributed by atoms with Crippen LogP contribution in [0.15, 0.2) is 51.8 Å². The van der Waals surface area contributed by atoms with E-state index in [1.807, 2.05) is 0 Å². The smallest absolute Gasteiger partial charge is 0.339 e. The molecule has 2 rings (SSSR count). The van der Waals surface area contributed by atoms with Gasteiger partial charge in [0.15, 0.2) is 0 Å². The van der Waals surface area contributed by atoms with Gasteiger partial charge < -0.3 is 10.1 Å². The van der Waals surface area contributed by atoms with Gasteiger partial charge in [-0.15, -0.1) is 0 Å². The van der Waals surface area contributed by atoms with E-state index in [4.69, 9.17) is 0 Å². The number of benzene rings is 2. The summed E-state index contributed by atoms with van der Waals surface area (Å²) in [5.41, 5.74) is 0.851. The molecule has 0 atom stereocenters. The second-order valence-corrected chi connectivity index (χ2v) is 7.76. The van der Waals surface area contributed by atoms with Crippen molar-refractivity contribution in [1.82, 2.24) is 0 Å². The molecule has 2 N–H and O–H groups in total. The van der Waals surface area contributed by atoms with Crippen molar-refractivity contribution in [3.8, 4) is 0 Å². The van der Waals surface area contributed by atoms with E-state index in [-0.39, 0.29) is 22.1 Å². The van der Waals surface area contributed by atoms with Crippen LogP contribution in [-0.4, -0.2) is 27.4 Å². The zero-order chi connectivity index (χ0) is 19.3. The van der Waals surface area contributed by atoms with Gasteiger partial charge in [-0.2, -0.15) is 0 Å². The van der Waals surface area contributed by atoms with Crippen LogP contribution in [0.2, 0.25) is 0 Å². The van der Waals surface area contributed by atoms with E-state index in [2.05, 4.69) is 30.7 Å². The number of anilines is 2. The number of hydrogen-bond donors (Lipinski definition) is 2. The molecule has 26 heavy (non-hydrogen) atoms. The van der Waals surface area contributed by atoms with Crippen LogP contribution in [0, 0.1) is 0 Å². The standard InChI is InChI=1S/C17H17BrN2O5S/c1-3-16(21)19-11-5-4-6-12(9-11)20-26(23,24)13-7-8-15(18)14(10-13)17(22)25-2/h4-10,20H,3H2,1-2H3,(H,19,21). The number of ether oxygens (including phenoxy) is 1. The number of carbonyl (C=O) groups is 2. The lowest BCUT2D eigenvalue weighted by Crippen LogP contribution is -2.15. The highest BCUT2D eigenvalue weighted by atomic mass is 79.9. The fourth-order valence-electron chi connectivity index (χ4n) is 2.06. The van der Waals surface area contributed by atoms with Gasteiger partial charge in [-0.1, -0.05) is 13.0 Å². The molecule has 0 aliphatic heterocycles. The summed E-state index contributed by atoms with van der Waals surface area (Å²) in [7, 11) is -2.72. The van der Waals surface area contributed by atoms with Crippen LogP contribution in [0.25, 0.3) is 0 Å². The topological polar surface area (TPSA) is 102 Å². The molecule has 2 aromatic carbocycles. The van der Waals surface area contributed by atoms with Crippen LogP contribution in [0.1, 0.15) is 23.7 Å². The largest absolute Gasteiger partial charge is 0.465 e. The normalized spacial score (nSPS) is 10.9. The summed E-state index contributed by atoms with van der Waals surface area (Å²) in [6, 6.07) is 10.4. The summed E-state index contributed by atoms with van der Waals surface area (Å²) in [5, 5.41) is 2.66. The molecule has 0 bridgehead atoms. The zero-order valence-electron chi connectivity index (χ0n) is 14.1. The minimum absolute atomic E-state index is 0.0934. The average Bonchev–Trinajstić information content (AvgIpc) is 2.61. The lowest BCUT2D eigenvalue weighted by molar-refractivity contribution is -0.115. The van der Waals surface area contributed by atoms with E-state index < -0.39 is 16.0 Å². The van der Waals surface area contributed by atoms with Crippen molar-refractivity contribution < 1.29 is 22.7 Å². The predicted octanol–water partition coefficient (Wildman–Crippen LogP) is 3.39. The minimum atomic E-state index is -3.94. The van der Waals surface area contributed by atoms with E-state index in [1.165, 1.54) is 31.4 Å². The first-order chi connectivity index (χ1) is 12.3. The van der Waals surface area contributed by atoms with Crippen LogP contribution < -0.4 is 10.0 Å². The molecule has 0 aromatic heterocycles. The Labute approximate surface area is 159 Å². The van der Waals surface area contributed by atoms with E-state index in [0.717, 1.165) is 0 Å². The quantitative estimate of drug-likeness (QED) is 0.670. The summed E-state index contributed by atoms with van der Waals surface area (Å²) < 4.78 is 32.7. The molecule has 0 aliphatic carbocycles. The maximum Gasteiger partial charge on any atom is 0.339 e. The molecule has 0 saturated carbocycles. The van der Waals surface area contributed by atoms with Crippen molar-refractivity contribution in [3.63, 3.8) is 0 Å². The third-order valence-electron chi connectivity index (χ3n) is 3.37. The Morgan fingerprint density at radius 2 is 1.81 bits per heavy atom. The van der Waals surface area contributed by atoms with E-state index in [9.17, 15) is 18.0 Å². The summed E-state index contributed by atoms with van der Waals surface area (Å²) in [6.07, 6.45) is 0.311. The van der Waals surface area contributed by atoms with Crippen molar-refractivity contribution in [1.29, 1.82) is 0 Å². The van der Waals surface area contributed by atoms with Gasteiger partial charge in [0, 0.05) is 16.6 Å². The predicted molar refractivity (Wildman–Crippen MR) is 102 cm³/mol. The minimum Gasteiger partial charge on any atom is -0.465 e. The van der Waals surface area contributed by atoms with Crippen molar-refractivity contribution in [2.75, 3.05) is 17.1 Å². The van der Waals surface area contributed by atoms with Crippen molar-refractivity contribution in [2.45, 2.75) is 18.2 Å². The maximum absolute atomic E-state index is 12.6. The molecule has 0 aliphatic rings. The van der Waals surface area contributed by atoms with Gasteiger partial charge in [0.2, 0.25) is 5.91 Å². The Hall–Kier alpha value is -2.39. The Bertz CT molecular complexity index is 944. The number of carbonyl (C=O) groups excluding carboxylic acids is 2. The molecule has 2 aromatic rings. The number of methoxy groups -OCH3 is 1. The highest BCUT2D eigenvalue weighted by Gasteiger charge is 2.19. The molecular weight excluding hydrogens is 424 g/mol. The zero-order valence-corrected chi connectivity index (χ0v) is 16.5. The Kier molecular flexibility index (Phi) is 6.38. The van der Waals surface area contributed by atoms with Gasteiger partial charge in [-0.3, -0.25) is 9.52 Å². The van der Waals surface area contributed by atoms with Crippen molar-refractivity contribution >= 4 is 49.2 Å². The summed E-state index contributed by atoms with van der Waals surface area (Å²) >= 11 is 3.19. The maximum atomic E-state index is 12.6. The molecule has 138 valence electrons. The molecule has 0 fully saturated rings. The summed E-state index contributed by atoms with van der Waals surface area (Å²) in [6.45, 7) is 1.72. The first-order valence-corrected chi connectivity index (χ1v) is 9.85. The second-order valence-electron chi connectivity index (χ2n) is 5.22. The average molecular weight is 441 g/mol. The molecule has 0 unspecified atom stereocenters. The van der Waals surface area contributed by atoms with Gasteiger partial charge in [0.25, 0.3) is 10.0 Å². The third-order valence-corrected chi connectivity index (χ3v) is 5.44. The van der Waals surface area contributed by atoms with Crippen LogP contribution in [0.4, 0.5) is 11.4 Å². The lowest BCUT2D eigenvalue weighted by Gasteiger charge is -2.11. The molecule has 9 heteroatoms. The summed E-state index contributed by atoms with van der Waals surface area (Å²) in [5.74, 6) is -0.834. The Morgan fingerprint density at radius 3 is 2.46 bits per heavy atom. The molecule has 0 saturated heterocycles. The number of esters is 1. The van der Waals surface area contributed by atoms with Crippen LogP contribution in [0.3, 0.4) is 0 Å². The lowest BCUT2D eigenvalue weighted by atomic mass is 10.2. The molecule has 0 heterocycles. The Balaban J connectivity index is 2.30. The summed E-state index contributed by atoms with van der Waals surface area (Å²) in [4.78, 5) is 23.1. The van der Waals surface area contributed by atoms with Gasteiger partial charge in [-0.05, 0) is 52.3 Å². The number of halogens is 1. The number of rotatable bonds is 6. The number of nitrogens with one attached hydrogen (secondary N) is 2. The Morgan fingerprint density at radius 1 is 1.12 bits per heavy atom. The first kappa shape index (κ1) is 19.9. The SMILES string of the molecule is CCC(=O)Nc1cccc(NS(=O)(=O)c2ccc(Br)c(C(=O)OC)c2)c1. The van der Waals surface area contributed by atoms with Gasteiger partial charge in [0.1, 0.15) is 0 Å². The monoisotopic (exact) mass is 440 g/mol. The second kappa shape index (κ2) is 8.33. The van der Waals surface area contributed by atoms with E-state index in [0.29, 0.717) is 16.6 Å². The highest BCUT2D eigenvalue weighted by molar-refractivity contribution is 9.10. The van der Waals surface area contributed by atoms with Gasteiger partial charge >= 0.3 is 5.97 Å². The molecule has 0 spiro atoms. The van der Waals surface area contributed by atoms with E-state index in [1.54, 1.807) is 25.1 Å². The third kappa shape index (κ3) is 4.83. The molecule has 7 nitrogen and oxygen atoms in total. The van der Waals surface area contributed by atoms with Crippen LogP contribution in [0.5, 0.6) is 0 Å². The van der Waals surface area contributed by atoms with Gasteiger partial charge in [0.05, 0.1) is 23.3 Å².